The lowest BCUT2D eigenvalue weighted by atomic mass is 10.2. The molecule has 29 heavy (non-hydrogen) atoms. The Morgan fingerprint density at radius 1 is 1.03 bits per heavy atom. The predicted molar refractivity (Wildman–Crippen MR) is 111 cm³/mol. The van der Waals surface area contributed by atoms with Gasteiger partial charge in [0.25, 0.3) is 5.91 Å². The van der Waals surface area contributed by atoms with E-state index in [0.717, 1.165) is 12.0 Å². The van der Waals surface area contributed by atoms with Crippen LogP contribution in [-0.4, -0.2) is 36.6 Å². The van der Waals surface area contributed by atoms with E-state index >= 15 is 0 Å². The van der Waals surface area contributed by atoms with Crippen molar-refractivity contribution in [2.75, 3.05) is 19.8 Å². The average molecular weight is 399 g/mol. The number of carbonyl (C=O) groups is 2. The maximum Gasteiger partial charge on any atom is 0.255 e. The lowest BCUT2D eigenvalue weighted by Crippen LogP contribution is -2.27. The molecule has 0 bridgehead atoms. The number of ether oxygens (including phenoxy) is 2. The number of amides is 2. The van der Waals surface area contributed by atoms with Gasteiger partial charge in [0.1, 0.15) is 5.75 Å². The van der Waals surface area contributed by atoms with Crippen molar-refractivity contribution in [3.63, 3.8) is 0 Å². The molecule has 0 saturated heterocycles. The number of hydrogen-bond donors (Lipinski definition) is 2. The van der Waals surface area contributed by atoms with Crippen LogP contribution in [0.15, 0.2) is 42.6 Å². The van der Waals surface area contributed by atoms with E-state index in [1.54, 1.807) is 24.4 Å². The number of pyridine rings is 1. The van der Waals surface area contributed by atoms with Crippen LogP contribution in [0.4, 0.5) is 0 Å². The molecule has 0 aliphatic heterocycles. The number of aromatic nitrogens is 1. The third-order valence-electron chi connectivity index (χ3n) is 4.07. The first-order valence-electron chi connectivity index (χ1n) is 9.99. The lowest BCUT2D eigenvalue weighted by Gasteiger charge is -2.11. The average Bonchev–Trinajstić information content (AvgIpc) is 2.75. The van der Waals surface area contributed by atoms with Gasteiger partial charge >= 0.3 is 0 Å². The summed E-state index contributed by atoms with van der Waals surface area (Å²) >= 11 is 0. The van der Waals surface area contributed by atoms with E-state index in [1.807, 2.05) is 32.0 Å². The molecule has 0 atom stereocenters. The van der Waals surface area contributed by atoms with Gasteiger partial charge in [0.05, 0.1) is 18.8 Å². The van der Waals surface area contributed by atoms with Gasteiger partial charge in [-0.15, -0.1) is 0 Å². The first kappa shape index (κ1) is 22.2. The van der Waals surface area contributed by atoms with Crippen molar-refractivity contribution in [3.05, 3.63) is 53.7 Å². The highest BCUT2D eigenvalue weighted by Crippen LogP contribution is 2.17. The molecule has 0 unspecified atom stereocenters. The minimum Gasteiger partial charge on any atom is -0.493 e. The van der Waals surface area contributed by atoms with Crippen LogP contribution >= 0.6 is 0 Å². The summed E-state index contributed by atoms with van der Waals surface area (Å²) in [6.45, 7) is 5.75. The monoisotopic (exact) mass is 399 g/mol. The summed E-state index contributed by atoms with van der Waals surface area (Å²) in [5.74, 6) is 0.819. The molecule has 7 nitrogen and oxygen atoms in total. The molecule has 0 aliphatic rings. The first-order chi connectivity index (χ1) is 14.2. The molecular formula is C22H29N3O4. The molecule has 1 aromatic carbocycles. The van der Waals surface area contributed by atoms with Gasteiger partial charge < -0.3 is 20.1 Å². The summed E-state index contributed by atoms with van der Waals surface area (Å²) in [7, 11) is 0. The highest BCUT2D eigenvalue weighted by molar-refractivity contribution is 5.96. The normalized spacial score (nSPS) is 10.3. The van der Waals surface area contributed by atoms with E-state index in [9.17, 15) is 9.59 Å². The van der Waals surface area contributed by atoms with Gasteiger partial charge in [-0.05, 0) is 38.0 Å². The fraction of sp³-hybridized carbons (Fsp3) is 0.409. The minimum atomic E-state index is -0.206. The highest BCUT2D eigenvalue weighted by Gasteiger charge is 2.12. The van der Waals surface area contributed by atoms with Crippen LogP contribution < -0.4 is 20.1 Å². The maximum atomic E-state index is 12.3. The summed E-state index contributed by atoms with van der Waals surface area (Å²) in [4.78, 5) is 28.6. The topological polar surface area (TPSA) is 89.5 Å². The fourth-order valence-corrected chi connectivity index (χ4v) is 2.65. The van der Waals surface area contributed by atoms with Gasteiger partial charge in [0.2, 0.25) is 11.8 Å². The van der Waals surface area contributed by atoms with E-state index in [1.165, 1.54) is 0 Å². The molecular weight excluding hydrogens is 370 g/mol. The summed E-state index contributed by atoms with van der Waals surface area (Å²) in [6.07, 6.45) is 3.42. The molecule has 0 radical (unpaired) electrons. The van der Waals surface area contributed by atoms with Crippen molar-refractivity contribution >= 4 is 11.8 Å². The molecule has 0 spiro atoms. The molecule has 1 aromatic heterocycles. The highest BCUT2D eigenvalue weighted by atomic mass is 16.5. The van der Waals surface area contributed by atoms with Gasteiger partial charge in [0, 0.05) is 31.3 Å². The Balaban J connectivity index is 1.72. The molecule has 2 amide bonds. The van der Waals surface area contributed by atoms with Gasteiger partial charge in [-0.3, -0.25) is 9.59 Å². The third-order valence-corrected chi connectivity index (χ3v) is 4.07. The van der Waals surface area contributed by atoms with Crippen molar-refractivity contribution in [2.45, 2.75) is 39.7 Å². The molecule has 0 saturated carbocycles. The Hall–Kier alpha value is -3.09. The van der Waals surface area contributed by atoms with E-state index < -0.39 is 0 Å². The molecule has 2 aromatic rings. The van der Waals surface area contributed by atoms with Gasteiger partial charge in [-0.25, -0.2) is 4.98 Å². The predicted octanol–water partition coefficient (Wildman–Crippen LogP) is 3.10. The van der Waals surface area contributed by atoms with Crippen LogP contribution in [0.25, 0.3) is 0 Å². The summed E-state index contributed by atoms with van der Waals surface area (Å²) in [5.41, 5.74) is 1.34. The van der Waals surface area contributed by atoms with E-state index in [4.69, 9.17) is 9.47 Å². The van der Waals surface area contributed by atoms with Crippen molar-refractivity contribution in [2.24, 2.45) is 0 Å². The number of hydrogen-bond acceptors (Lipinski definition) is 5. The summed E-state index contributed by atoms with van der Waals surface area (Å²) < 4.78 is 11.1. The number of carbonyl (C=O) groups excluding carboxylic acids is 2. The van der Waals surface area contributed by atoms with E-state index in [-0.39, 0.29) is 11.8 Å². The Bertz CT molecular complexity index is 795. The molecule has 2 rings (SSSR count). The van der Waals surface area contributed by atoms with Crippen molar-refractivity contribution < 1.29 is 19.1 Å². The Morgan fingerprint density at radius 3 is 2.66 bits per heavy atom. The van der Waals surface area contributed by atoms with Crippen LogP contribution in [0.3, 0.4) is 0 Å². The Kier molecular flexibility index (Phi) is 9.48. The van der Waals surface area contributed by atoms with Gasteiger partial charge in [-0.2, -0.15) is 0 Å². The van der Waals surface area contributed by atoms with Crippen LogP contribution in [0.1, 0.15) is 49.0 Å². The minimum absolute atomic E-state index is 0.0840. The third kappa shape index (κ3) is 7.44. The molecule has 156 valence electrons. The largest absolute Gasteiger partial charge is 0.493 e. The van der Waals surface area contributed by atoms with Crippen LogP contribution in [0, 0.1) is 0 Å². The zero-order valence-electron chi connectivity index (χ0n) is 17.1. The van der Waals surface area contributed by atoms with Crippen molar-refractivity contribution in [3.8, 4) is 11.6 Å². The van der Waals surface area contributed by atoms with Crippen LogP contribution in [0.2, 0.25) is 0 Å². The van der Waals surface area contributed by atoms with Crippen LogP contribution in [-0.2, 0) is 11.3 Å². The second kappa shape index (κ2) is 12.4. The second-order valence-corrected chi connectivity index (χ2v) is 6.38. The van der Waals surface area contributed by atoms with Gasteiger partial charge in [0.15, 0.2) is 0 Å². The zero-order valence-corrected chi connectivity index (χ0v) is 17.1. The Labute approximate surface area is 171 Å². The van der Waals surface area contributed by atoms with E-state index in [0.29, 0.717) is 56.3 Å². The molecule has 2 N–H and O–H groups in total. The fourth-order valence-electron chi connectivity index (χ4n) is 2.65. The Morgan fingerprint density at radius 2 is 1.86 bits per heavy atom. The number of nitrogens with zero attached hydrogens (tertiary/aromatic N) is 1. The smallest absolute Gasteiger partial charge is 0.255 e. The van der Waals surface area contributed by atoms with Crippen molar-refractivity contribution in [1.29, 1.82) is 0 Å². The quantitative estimate of drug-likeness (QED) is 0.536. The molecule has 0 fully saturated rings. The number of rotatable bonds is 12. The van der Waals surface area contributed by atoms with Crippen molar-refractivity contribution in [1.82, 2.24) is 15.6 Å². The molecule has 0 aliphatic carbocycles. The SMILES string of the molecule is CCCOc1ncccc1CNC(=O)CCCNC(=O)c1ccccc1OCC. The number of benzene rings is 1. The maximum absolute atomic E-state index is 12.3. The first-order valence-corrected chi connectivity index (χ1v) is 9.99. The van der Waals surface area contributed by atoms with E-state index in [2.05, 4.69) is 15.6 Å². The molecule has 1 heterocycles. The summed E-state index contributed by atoms with van der Waals surface area (Å²) in [5, 5.41) is 5.70. The zero-order chi connectivity index (χ0) is 20.9. The lowest BCUT2D eigenvalue weighted by molar-refractivity contribution is -0.121. The molecule has 7 heteroatoms. The van der Waals surface area contributed by atoms with Crippen LogP contribution in [0.5, 0.6) is 11.6 Å². The summed E-state index contributed by atoms with van der Waals surface area (Å²) in [6, 6.07) is 10.8. The number of nitrogens with one attached hydrogen (secondary N) is 2. The standard InChI is InChI=1S/C22H29N3O4/c1-3-15-29-22-17(9-7-14-24-22)16-25-20(26)12-8-13-23-21(27)18-10-5-6-11-19(18)28-4-2/h5-7,9-11,14H,3-4,8,12-13,15-16H2,1-2H3,(H,23,27)(H,25,26). The van der Waals surface area contributed by atoms with Gasteiger partial charge in [-0.1, -0.05) is 25.1 Å². The second-order valence-electron chi connectivity index (χ2n) is 6.38. The number of para-hydroxylation sites is 1.